The summed E-state index contributed by atoms with van der Waals surface area (Å²) in [6.45, 7) is 1.37. The maximum atomic E-state index is 12.2. The molecule has 0 radical (unpaired) electrons. The van der Waals surface area contributed by atoms with Gasteiger partial charge >= 0.3 is 5.97 Å². The number of carbonyl (C=O) groups is 3. The van der Waals surface area contributed by atoms with Crippen LogP contribution in [0.3, 0.4) is 0 Å². The van der Waals surface area contributed by atoms with Crippen LogP contribution in [0.2, 0.25) is 0 Å². The Bertz CT molecular complexity index is 809. The molecule has 0 spiro atoms. The highest BCUT2D eigenvalue weighted by molar-refractivity contribution is 6.02. The Kier molecular flexibility index (Phi) is 6.90. The summed E-state index contributed by atoms with van der Waals surface area (Å²) in [7, 11) is 1.17. The highest BCUT2D eigenvalue weighted by Gasteiger charge is 2.26. The number of carbonyl (C=O) groups excluding carboxylic acids is 3. The van der Waals surface area contributed by atoms with Gasteiger partial charge in [-0.05, 0) is 49.4 Å². The number of anilines is 1. The van der Waals surface area contributed by atoms with Crippen LogP contribution in [0, 0.1) is 0 Å². The zero-order valence-electron chi connectivity index (χ0n) is 14.8. The normalized spacial score (nSPS) is 13.0. The molecule has 0 saturated heterocycles. The second-order valence-corrected chi connectivity index (χ2v) is 5.63. The van der Waals surface area contributed by atoms with E-state index in [0.29, 0.717) is 11.4 Å². The van der Waals surface area contributed by atoms with Crippen LogP contribution in [-0.4, -0.2) is 42.1 Å². The Morgan fingerprint density at radius 1 is 1.19 bits per heavy atom. The Morgan fingerprint density at radius 3 is 2.44 bits per heavy atom. The van der Waals surface area contributed by atoms with Gasteiger partial charge in [0.05, 0.1) is 19.5 Å². The van der Waals surface area contributed by atoms with Crippen LogP contribution < -0.4 is 10.6 Å². The van der Waals surface area contributed by atoms with E-state index in [-0.39, 0.29) is 11.5 Å². The van der Waals surface area contributed by atoms with Crippen LogP contribution >= 0.6 is 0 Å². The van der Waals surface area contributed by atoms with Crippen molar-refractivity contribution in [1.82, 2.24) is 5.32 Å². The molecule has 0 fully saturated rings. The molecule has 2 aromatic rings. The highest BCUT2D eigenvalue weighted by Crippen LogP contribution is 2.11. The average molecular weight is 372 g/mol. The summed E-state index contributed by atoms with van der Waals surface area (Å²) in [6, 6.07) is 8.31. The molecule has 0 aliphatic heterocycles. The molecule has 8 nitrogen and oxygen atoms in total. The largest absolute Gasteiger partial charge is 0.467 e. The molecule has 3 N–H and O–H groups in total. The lowest BCUT2D eigenvalue weighted by Crippen LogP contribution is -2.48. The molecule has 2 amide bonds. The number of aliphatic hydroxyl groups is 1. The molecule has 0 aliphatic rings. The van der Waals surface area contributed by atoms with E-state index in [9.17, 15) is 19.5 Å². The third-order valence-corrected chi connectivity index (χ3v) is 3.58. The van der Waals surface area contributed by atoms with Crippen molar-refractivity contribution in [2.45, 2.75) is 19.1 Å². The maximum absolute atomic E-state index is 12.2. The van der Waals surface area contributed by atoms with Crippen LogP contribution in [0.4, 0.5) is 5.69 Å². The Morgan fingerprint density at radius 2 is 1.89 bits per heavy atom. The maximum Gasteiger partial charge on any atom is 0.331 e. The summed E-state index contributed by atoms with van der Waals surface area (Å²) in [4.78, 5) is 35.7. The molecule has 142 valence electrons. The van der Waals surface area contributed by atoms with E-state index in [1.54, 1.807) is 24.3 Å². The molecule has 0 saturated carbocycles. The Labute approximate surface area is 155 Å². The molecular formula is C19H20N2O6. The molecule has 1 aromatic carbocycles. The van der Waals surface area contributed by atoms with Gasteiger partial charge in [-0.3, -0.25) is 9.59 Å². The number of benzene rings is 1. The number of nitrogens with one attached hydrogen (secondary N) is 2. The fourth-order valence-electron chi connectivity index (χ4n) is 2.16. The number of methoxy groups -OCH3 is 1. The minimum Gasteiger partial charge on any atom is -0.467 e. The molecule has 8 heteroatoms. The lowest BCUT2D eigenvalue weighted by atomic mass is 10.1. The van der Waals surface area contributed by atoms with Crippen molar-refractivity contribution in [2.24, 2.45) is 0 Å². The van der Waals surface area contributed by atoms with Gasteiger partial charge < -0.3 is 24.9 Å². The summed E-state index contributed by atoms with van der Waals surface area (Å²) in [5, 5.41) is 14.6. The van der Waals surface area contributed by atoms with Crippen molar-refractivity contribution in [1.29, 1.82) is 0 Å². The number of hydrogen-bond acceptors (Lipinski definition) is 6. The zero-order valence-corrected chi connectivity index (χ0v) is 14.8. The Balaban J connectivity index is 1.96. The fourth-order valence-corrected chi connectivity index (χ4v) is 2.16. The number of amides is 2. The molecular weight excluding hydrogens is 352 g/mol. The summed E-state index contributed by atoms with van der Waals surface area (Å²) in [5.74, 6) is -1.11. The first kappa shape index (κ1) is 19.9. The second-order valence-electron chi connectivity index (χ2n) is 5.63. The van der Waals surface area contributed by atoms with Gasteiger partial charge in [0.1, 0.15) is 5.76 Å². The average Bonchev–Trinajstić information content (AvgIpc) is 3.17. The smallest absolute Gasteiger partial charge is 0.331 e. The van der Waals surface area contributed by atoms with Crippen LogP contribution in [0.15, 0.2) is 53.2 Å². The minimum absolute atomic E-state index is 0.258. The standard InChI is InChI=1S/C19H20N2O6/c1-12(22)17(19(25)26-2)21-18(24)13-5-7-14(8-6-13)20-16(23)10-9-15-4-3-11-27-15/h3-12,17,22H,1-2H3,(H,20,23)(H,21,24)/b10-9+. The lowest BCUT2D eigenvalue weighted by molar-refractivity contribution is -0.145. The van der Waals surface area contributed by atoms with Crippen molar-refractivity contribution < 1.29 is 28.6 Å². The topological polar surface area (TPSA) is 118 Å². The van der Waals surface area contributed by atoms with Crippen LogP contribution in [-0.2, 0) is 14.3 Å². The minimum atomic E-state index is -1.17. The predicted octanol–water partition coefficient (Wildman–Crippen LogP) is 1.58. The number of esters is 1. The molecule has 0 aliphatic carbocycles. The summed E-state index contributed by atoms with van der Waals surface area (Å²) >= 11 is 0. The molecule has 1 aromatic heterocycles. The first-order valence-electron chi connectivity index (χ1n) is 8.10. The van der Waals surface area contributed by atoms with E-state index in [4.69, 9.17) is 4.42 Å². The monoisotopic (exact) mass is 372 g/mol. The molecule has 0 bridgehead atoms. The van der Waals surface area contributed by atoms with Crippen molar-refractivity contribution >= 4 is 29.5 Å². The first-order chi connectivity index (χ1) is 12.9. The molecule has 2 rings (SSSR count). The van der Waals surface area contributed by atoms with Crippen molar-refractivity contribution in [2.75, 3.05) is 12.4 Å². The zero-order chi connectivity index (χ0) is 19.8. The summed E-state index contributed by atoms with van der Waals surface area (Å²) in [6.07, 6.45) is 3.24. The number of furan rings is 1. The number of rotatable bonds is 7. The van der Waals surface area contributed by atoms with E-state index >= 15 is 0 Å². The molecule has 1 heterocycles. The third kappa shape index (κ3) is 5.82. The molecule has 27 heavy (non-hydrogen) atoms. The first-order valence-corrected chi connectivity index (χ1v) is 8.10. The van der Waals surface area contributed by atoms with Gasteiger partial charge in [0.2, 0.25) is 5.91 Å². The van der Waals surface area contributed by atoms with E-state index in [2.05, 4.69) is 15.4 Å². The van der Waals surface area contributed by atoms with Crippen molar-refractivity contribution in [3.63, 3.8) is 0 Å². The SMILES string of the molecule is COC(=O)C(NC(=O)c1ccc(NC(=O)/C=C/c2ccco2)cc1)C(C)O. The van der Waals surface area contributed by atoms with Gasteiger partial charge in [-0.15, -0.1) is 0 Å². The van der Waals surface area contributed by atoms with Gasteiger partial charge in [-0.1, -0.05) is 0 Å². The van der Waals surface area contributed by atoms with E-state index in [1.807, 2.05) is 0 Å². The van der Waals surface area contributed by atoms with Gasteiger partial charge in [-0.2, -0.15) is 0 Å². The fraction of sp³-hybridized carbons (Fsp3) is 0.211. The van der Waals surface area contributed by atoms with E-state index < -0.39 is 24.0 Å². The predicted molar refractivity (Wildman–Crippen MR) is 97.8 cm³/mol. The van der Waals surface area contributed by atoms with E-state index in [0.717, 1.165) is 0 Å². The van der Waals surface area contributed by atoms with Crippen LogP contribution in [0.25, 0.3) is 6.08 Å². The van der Waals surface area contributed by atoms with Gasteiger partial charge in [0.15, 0.2) is 6.04 Å². The summed E-state index contributed by atoms with van der Waals surface area (Å²) < 4.78 is 9.64. The highest BCUT2D eigenvalue weighted by atomic mass is 16.5. The quantitative estimate of drug-likeness (QED) is 0.502. The van der Waals surface area contributed by atoms with Crippen LogP contribution in [0.1, 0.15) is 23.0 Å². The number of ether oxygens (including phenoxy) is 1. The van der Waals surface area contributed by atoms with Crippen LogP contribution in [0.5, 0.6) is 0 Å². The summed E-state index contributed by atoms with van der Waals surface area (Å²) in [5.41, 5.74) is 0.745. The Hall–Kier alpha value is -3.39. The lowest BCUT2D eigenvalue weighted by Gasteiger charge is -2.19. The molecule has 2 atom stereocenters. The van der Waals surface area contributed by atoms with Crippen molar-refractivity contribution in [3.8, 4) is 0 Å². The van der Waals surface area contributed by atoms with Crippen molar-refractivity contribution in [3.05, 3.63) is 60.1 Å². The number of hydrogen-bond donors (Lipinski definition) is 3. The number of aliphatic hydroxyl groups excluding tert-OH is 1. The molecule has 2 unspecified atom stereocenters. The van der Waals surface area contributed by atoms with E-state index in [1.165, 1.54) is 44.6 Å². The van der Waals surface area contributed by atoms with Gasteiger partial charge in [-0.25, -0.2) is 4.79 Å². The van der Waals surface area contributed by atoms with Gasteiger partial charge in [0.25, 0.3) is 5.91 Å². The van der Waals surface area contributed by atoms with Gasteiger partial charge in [0, 0.05) is 17.3 Å². The third-order valence-electron chi connectivity index (χ3n) is 3.58. The second kappa shape index (κ2) is 9.35.